The summed E-state index contributed by atoms with van der Waals surface area (Å²) in [5.74, 6) is 1.65. The number of benzene rings is 2. The molecule has 0 radical (unpaired) electrons. The topological polar surface area (TPSA) is 44.8 Å². The Morgan fingerprint density at radius 1 is 0.935 bits per heavy atom. The lowest BCUT2D eigenvalue weighted by Gasteiger charge is -2.13. The van der Waals surface area contributed by atoms with E-state index in [1.165, 1.54) is 6.08 Å². The zero-order valence-electron chi connectivity index (χ0n) is 17.1. The van der Waals surface area contributed by atoms with E-state index in [0.717, 1.165) is 12.8 Å². The molecule has 0 amide bonds. The third kappa shape index (κ3) is 9.20. The van der Waals surface area contributed by atoms with Gasteiger partial charge in [0.2, 0.25) is 0 Å². The quantitative estimate of drug-likeness (QED) is 0.205. The van der Waals surface area contributed by atoms with Gasteiger partial charge in [-0.2, -0.15) is 0 Å². The normalized spacial score (nSPS) is 10.5. The lowest BCUT2D eigenvalue weighted by molar-refractivity contribution is 0.0979. The van der Waals surface area contributed by atoms with Crippen molar-refractivity contribution >= 4 is 52.2 Å². The van der Waals surface area contributed by atoms with Gasteiger partial charge in [-0.25, -0.2) is 0 Å². The molecule has 0 N–H and O–H groups in total. The van der Waals surface area contributed by atoms with Gasteiger partial charge in [-0.05, 0) is 24.6 Å². The molecule has 0 fully saturated rings. The van der Waals surface area contributed by atoms with E-state index < -0.39 is 0 Å². The first-order valence-corrected chi connectivity index (χ1v) is 11.4. The maximum absolute atomic E-state index is 12.1. The molecule has 0 heterocycles. The zero-order valence-corrected chi connectivity index (χ0v) is 20.2. The van der Waals surface area contributed by atoms with E-state index in [1.54, 1.807) is 18.2 Å². The minimum absolute atomic E-state index is 0.120. The van der Waals surface area contributed by atoms with Crippen LogP contribution in [0, 0.1) is 0 Å². The van der Waals surface area contributed by atoms with Crippen LogP contribution >= 0.6 is 46.4 Å². The summed E-state index contributed by atoms with van der Waals surface area (Å²) < 4.78 is 17.0. The Balaban J connectivity index is 1.80. The van der Waals surface area contributed by atoms with Crippen molar-refractivity contribution in [3.05, 3.63) is 62.6 Å². The molecule has 0 atom stereocenters. The highest BCUT2D eigenvalue weighted by molar-refractivity contribution is 6.55. The van der Waals surface area contributed by atoms with Crippen molar-refractivity contribution in [1.82, 2.24) is 0 Å². The molecule has 0 unspecified atom stereocenters. The molecule has 0 saturated carbocycles. The van der Waals surface area contributed by atoms with Gasteiger partial charge in [0.1, 0.15) is 22.6 Å². The minimum Gasteiger partial charge on any atom is -0.493 e. The van der Waals surface area contributed by atoms with Crippen LogP contribution < -0.4 is 14.2 Å². The fraction of sp³-hybridized carbons (Fsp3) is 0.348. The molecule has 4 nitrogen and oxygen atoms in total. The van der Waals surface area contributed by atoms with Crippen LogP contribution in [-0.4, -0.2) is 25.6 Å². The SMILES string of the molecule is CCCCC(=O)c1cccc(OCCCOc2c(Cl)cc(OCC=C(Cl)Cl)cc2Cl)c1. The van der Waals surface area contributed by atoms with Crippen LogP contribution in [-0.2, 0) is 0 Å². The van der Waals surface area contributed by atoms with Crippen molar-refractivity contribution in [3.8, 4) is 17.2 Å². The van der Waals surface area contributed by atoms with Crippen molar-refractivity contribution in [2.24, 2.45) is 0 Å². The summed E-state index contributed by atoms with van der Waals surface area (Å²) in [5.41, 5.74) is 0.673. The van der Waals surface area contributed by atoms with Crippen LogP contribution in [0.3, 0.4) is 0 Å². The molecule has 0 aliphatic heterocycles. The van der Waals surface area contributed by atoms with E-state index in [2.05, 4.69) is 6.92 Å². The maximum Gasteiger partial charge on any atom is 0.163 e. The molecule has 0 saturated heterocycles. The first kappa shape index (κ1) is 25.7. The number of unbranched alkanes of at least 4 members (excludes halogenated alkanes) is 1. The third-order valence-electron chi connectivity index (χ3n) is 4.18. The maximum atomic E-state index is 12.1. The van der Waals surface area contributed by atoms with E-state index >= 15 is 0 Å². The second-order valence-corrected chi connectivity index (χ2v) is 8.45. The molecular formula is C23H24Cl4O4. The van der Waals surface area contributed by atoms with Gasteiger partial charge in [-0.3, -0.25) is 4.79 Å². The van der Waals surface area contributed by atoms with Gasteiger partial charge < -0.3 is 14.2 Å². The number of carbonyl (C=O) groups is 1. The second-order valence-electron chi connectivity index (χ2n) is 6.63. The van der Waals surface area contributed by atoms with E-state index in [9.17, 15) is 4.79 Å². The number of ketones is 1. The lowest BCUT2D eigenvalue weighted by Crippen LogP contribution is -2.06. The summed E-state index contributed by atoms with van der Waals surface area (Å²) >= 11 is 23.6. The van der Waals surface area contributed by atoms with E-state index in [0.29, 0.717) is 58.9 Å². The number of halogens is 4. The van der Waals surface area contributed by atoms with Crippen LogP contribution in [0.4, 0.5) is 0 Å². The van der Waals surface area contributed by atoms with Crippen LogP contribution in [0.25, 0.3) is 0 Å². The Morgan fingerprint density at radius 3 is 2.32 bits per heavy atom. The predicted molar refractivity (Wildman–Crippen MR) is 128 cm³/mol. The number of Topliss-reactive ketones (excluding diaryl/α,β-unsaturated/α-hetero) is 1. The highest BCUT2D eigenvalue weighted by Crippen LogP contribution is 2.37. The predicted octanol–water partition coefficient (Wildman–Crippen LogP) is 7.91. The largest absolute Gasteiger partial charge is 0.493 e. The van der Waals surface area contributed by atoms with Crippen molar-refractivity contribution < 1.29 is 19.0 Å². The Labute approximate surface area is 203 Å². The summed E-state index contributed by atoms with van der Waals surface area (Å²) in [6.07, 6.45) is 4.55. The first-order valence-electron chi connectivity index (χ1n) is 9.92. The molecule has 0 aromatic heterocycles. The van der Waals surface area contributed by atoms with E-state index in [1.807, 2.05) is 18.2 Å². The molecule has 168 valence electrons. The fourth-order valence-electron chi connectivity index (χ4n) is 2.62. The first-order chi connectivity index (χ1) is 14.9. The molecule has 2 aromatic rings. The van der Waals surface area contributed by atoms with Gasteiger partial charge in [0.05, 0.1) is 23.3 Å². The molecular weight excluding hydrogens is 482 g/mol. The fourth-order valence-corrected chi connectivity index (χ4v) is 3.33. The standard InChI is InChI=1S/C23H24Cl4O4/c1-2-3-8-21(28)16-6-4-7-17(13-16)29-10-5-11-31-23-19(24)14-18(15-20(23)25)30-12-9-22(26)27/h4,6-7,9,13-15H,2-3,5,8,10-12H2,1H3. The molecule has 31 heavy (non-hydrogen) atoms. The minimum atomic E-state index is 0.120. The second kappa shape index (κ2) is 13.7. The van der Waals surface area contributed by atoms with E-state index in [4.69, 9.17) is 60.6 Å². The van der Waals surface area contributed by atoms with Gasteiger partial charge in [0.15, 0.2) is 11.5 Å². The number of hydrogen-bond acceptors (Lipinski definition) is 4. The molecule has 0 spiro atoms. The third-order valence-corrected chi connectivity index (χ3v) is 5.05. The summed E-state index contributed by atoms with van der Waals surface area (Å²) in [6, 6.07) is 10.5. The van der Waals surface area contributed by atoms with Gasteiger partial charge >= 0.3 is 0 Å². The summed E-state index contributed by atoms with van der Waals surface area (Å²) in [6.45, 7) is 3.04. The summed E-state index contributed by atoms with van der Waals surface area (Å²) in [7, 11) is 0. The molecule has 8 heteroatoms. The highest BCUT2D eigenvalue weighted by atomic mass is 35.5. The molecule has 2 aromatic carbocycles. The Bertz CT molecular complexity index is 872. The molecule has 0 aliphatic carbocycles. The number of ether oxygens (including phenoxy) is 3. The van der Waals surface area contributed by atoms with Crippen LogP contribution in [0.1, 0.15) is 43.0 Å². The Kier molecular flexibility index (Phi) is 11.4. The van der Waals surface area contributed by atoms with Crippen molar-refractivity contribution in [3.63, 3.8) is 0 Å². The molecule has 0 bridgehead atoms. The number of hydrogen-bond donors (Lipinski definition) is 0. The van der Waals surface area contributed by atoms with E-state index in [-0.39, 0.29) is 16.9 Å². The lowest BCUT2D eigenvalue weighted by atomic mass is 10.1. The van der Waals surface area contributed by atoms with Gasteiger partial charge in [-0.1, -0.05) is 71.9 Å². The van der Waals surface area contributed by atoms with Crippen LogP contribution in [0.2, 0.25) is 10.0 Å². The van der Waals surface area contributed by atoms with Crippen LogP contribution in [0.15, 0.2) is 47.0 Å². The van der Waals surface area contributed by atoms with Gasteiger partial charge in [-0.15, -0.1) is 0 Å². The van der Waals surface area contributed by atoms with Gasteiger partial charge in [0.25, 0.3) is 0 Å². The van der Waals surface area contributed by atoms with Crippen LogP contribution in [0.5, 0.6) is 17.2 Å². The van der Waals surface area contributed by atoms with Gasteiger partial charge in [0, 0.05) is 30.5 Å². The average molecular weight is 506 g/mol. The summed E-state index contributed by atoms with van der Waals surface area (Å²) in [5, 5.41) is 0.672. The Morgan fingerprint density at radius 2 is 1.65 bits per heavy atom. The molecule has 2 rings (SSSR count). The van der Waals surface area contributed by atoms with Crippen molar-refractivity contribution in [2.75, 3.05) is 19.8 Å². The van der Waals surface area contributed by atoms with Crippen molar-refractivity contribution in [1.29, 1.82) is 0 Å². The average Bonchev–Trinajstić information content (AvgIpc) is 2.73. The summed E-state index contributed by atoms with van der Waals surface area (Å²) in [4.78, 5) is 12.1. The number of carbonyl (C=O) groups excluding carboxylic acids is 1. The van der Waals surface area contributed by atoms with Crippen molar-refractivity contribution in [2.45, 2.75) is 32.6 Å². The zero-order chi connectivity index (χ0) is 22.6. The monoisotopic (exact) mass is 504 g/mol. The number of rotatable bonds is 13. The smallest absolute Gasteiger partial charge is 0.163 e. The Hall–Kier alpha value is -1.59. The molecule has 0 aliphatic rings. The highest BCUT2D eigenvalue weighted by Gasteiger charge is 2.11.